The number of rotatable bonds is 8. The second-order valence-corrected chi connectivity index (χ2v) is 6.11. The molecule has 2 amide bonds. The van der Waals surface area contributed by atoms with E-state index in [2.05, 4.69) is 10.6 Å². The molecule has 1 rings (SSSR count). The average molecular weight is 329 g/mol. The number of primary sulfonamides is 1. The summed E-state index contributed by atoms with van der Waals surface area (Å²) in [4.78, 5) is 22.9. The molecule has 122 valence electrons. The second-order valence-electron chi connectivity index (χ2n) is 4.54. The fourth-order valence-corrected chi connectivity index (χ4v) is 2.16. The van der Waals surface area contributed by atoms with Crippen LogP contribution in [0.2, 0.25) is 0 Å². The van der Waals surface area contributed by atoms with Crippen molar-refractivity contribution in [3.8, 4) is 0 Å². The Morgan fingerprint density at radius 1 is 1.09 bits per heavy atom. The van der Waals surface area contributed by atoms with E-state index in [1.54, 1.807) is 0 Å². The summed E-state index contributed by atoms with van der Waals surface area (Å²) < 4.78 is 22.2. The van der Waals surface area contributed by atoms with Crippen LogP contribution in [0.3, 0.4) is 0 Å². The van der Waals surface area contributed by atoms with Gasteiger partial charge in [0.15, 0.2) is 0 Å². The molecular formula is C13H19N3O5S. The van der Waals surface area contributed by atoms with Gasteiger partial charge >= 0.3 is 0 Å². The van der Waals surface area contributed by atoms with Gasteiger partial charge in [-0.2, -0.15) is 0 Å². The number of aliphatic hydroxyl groups excluding tert-OH is 1. The van der Waals surface area contributed by atoms with Crippen molar-refractivity contribution in [1.29, 1.82) is 0 Å². The van der Waals surface area contributed by atoms with Crippen LogP contribution in [-0.2, 0) is 19.6 Å². The molecule has 0 bridgehead atoms. The van der Waals surface area contributed by atoms with Crippen molar-refractivity contribution in [2.45, 2.75) is 24.2 Å². The predicted octanol–water partition coefficient (Wildman–Crippen LogP) is -0.449. The second kappa shape index (κ2) is 8.47. The first-order valence-corrected chi connectivity index (χ1v) is 8.18. The van der Waals surface area contributed by atoms with Gasteiger partial charge in [-0.3, -0.25) is 9.59 Å². The molecule has 0 unspecified atom stereocenters. The molecule has 9 heteroatoms. The Kier molecular flexibility index (Phi) is 6.96. The van der Waals surface area contributed by atoms with Gasteiger partial charge in [0.25, 0.3) is 0 Å². The third kappa shape index (κ3) is 6.66. The summed E-state index contributed by atoms with van der Waals surface area (Å²) in [6.45, 7) is 0.0716. The van der Waals surface area contributed by atoms with Crippen molar-refractivity contribution in [3.05, 3.63) is 24.3 Å². The molecular weight excluding hydrogens is 310 g/mol. The lowest BCUT2D eigenvalue weighted by molar-refractivity contribution is -0.121. The number of hydrogen-bond donors (Lipinski definition) is 4. The Morgan fingerprint density at radius 3 is 2.23 bits per heavy atom. The maximum Gasteiger partial charge on any atom is 0.238 e. The first-order chi connectivity index (χ1) is 10.3. The lowest BCUT2D eigenvalue weighted by Crippen LogP contribution is -2.26. The van der Waals surface area contributed by atoms with Gasteiger partial charge in [0.1, 0.15) is 0 Å². The maximum absolute atomic E-state index is 11.7. The van der Waals surface area contributed by atoms with Crippen LogP contribution in [0.4, 0.5) is 5.69 Å². The zero-order chi connectivity index (χ0) is 16.6. The van der Waals surface area contributed by atoms with Crippen molar-refractivity contribution >= 4 is 27.5 Å². The highest BCUT2D eigenvalue weighted by atomic mass is 32.2. The monoisotopic (exact) mass is 329 g/mol. The zero-order valence-electron chi connectivity index (χ0n) is 11.9. The zero-order valence-corrected chi connectivity index (χ0v) is 12.7. The topological polar surface area (TPSA) is 139 Å². The molecule has 0 heterocycles. The van der Waals surface area contributed by atoms with E-state index in [4.69, 9.17) is 10.2 Å². The lowest BCUT2D eigenvalue weighted by atomic mass is 10.2. The van der Waals surface area contributed by atoms with E-state index in [9.17, 15) is 18.0 Å². The molecule has 0 aliphatic rings. The number of nitrogens with one attached hydrogen (secondary N) is 2. The summed E-state index contributed by atoms with van der Waals surface area (Å²) in [5.41, 5.74) is 0.446. The molecule has 22 heavy (non-hydrogen) atoms. The number of aliphatic hydroxyl groups is 1. The number of carbonyl (C=O) groups is 2. The van der Waals surface area contributed by atoms with E-state index < -0.39 is 10.0 Å². The molecule has 1 aromatic rings. The van der Waals surface area contributed by atoms with E-state index >= 15 is 0 Å². The number of hydrogen-bond acceptors (Lipinski definition) is 5. The van der Waals surface area contributed by atoms with Crippen molar-refractivity contribution in [2.24, 2.45) is 5.14 Å². The summed E-state index contributed by atoms with van der Waals surface area (Å²) in [6.07, 6.45) is 0.722. The Balaban J connectivity index is 2.38. The summed E-state index contributed by atoms with van der Waals surface area (Å²) in [7, 11) is -3.75. The van der Waals surface area contributed by atoms with Crippen LogP contribution >= 0.6 is 0 Å². The van der Waals surface area contributed by atoms with Gasteiger partial charge in [-0.15, -0.1) is 0 Å². The highest BCUT2D eigenvalue weighted by Crippen LogP contribution is 2.13. The molecule has 0 aliphatic carbocycles. The standard InChI is InChI=1S/C13H19N3O5S/c14-22(20,21)11-6-4-10(5-7-11)16-13(19)3-1-2-12(18)15-8-9-17/h4-7,17H,1-3,8-9H2,(H,15,18)(H,16,19)(H2,14,20,21). The first kappa shape index (κ1) is 18.1. The van der Waals surface area contributed by atoms with E-state index in [-0.39, 0.29) is 42.7 Å². The smallest absolute Gasteiger partial charge is 0.238 e. The minimum Gasteiger partial charge on any atom is -0.395 e. The molecule has 5 N–H and O–H groups in total. The molecule has 0 aromatic heterocycles. The average Bonchev–Trinajstić information content (AvgIpc) is 2.44. The molecule has 0 aliphatic heterocycles. The molecule has 0 atom stereocenters. The van der Waals surface area contributed by atoms with Gasteiger partial charge in [-0.1, -0.05) is 0 Å². The molecule has 8 nitrogen and oxygen atoms in total. The van der Waals surface area contributed by atoms with E-state index in [1.807, 2.05) is 0 Å². The Labute approximate surface area is 128 Å². The molecule has 0 saturated heterocycles. The highest BCUT2D eigenvalue weighted by Gasteiger charge is 2.08. The van der Waals surface area contributed by atoms with E-state index in [0.29, 0.717) is 12.1 Å². The number of carbonyl (C=O) groups excluding carboxylic acids is 2. The summed E-state index contributed by atoms with van der Waals surface area (Å²) in [5.74, 6) is -0.502. The van der Waals surface area contributed by atoms with Crippen LogP contribution in [0.15, 0.2) is 29.2 Å². The molecule has 0 saturated carbocycles. The quantitative estimate of drug-likeness (QED) is 0.512. The number of benzene rings is 1. The minimum absolute atomic E-state index is 0.0361. The summed E-state index contributed by atoms with van der Waals surface area (Å²) in [6, 6.07) is 5.47. The fraction of sp³-hybridized carbons (Fsp3) is 0.385. The number of amides is 2. The van der Waals surface area contributed by atoms with Crippen LogP contribution in [0, 0.1) is 0 Å². The molecule has 1 aromatic carbocycles. The van der Waals surface area contributed by atoms with E-state index in [0.717, 1.165) is 0 Å². The third-order valence-electron chi connectivity index (χ3n) is 2.71. The SMILES string of the molecule is NS(=O)(=O)c1ccc(NC(=O)CCCC(=O)NCCO)cc1. The van der Waals surface area contributed by atoms with Gasteiger partial charge < -0.3 is 15.7 Å². The van der Waals surface area contributed by atoms with Crippen LogP contribution in [-0.4, -0.2) is 38.5 Å². The largest absolute Gasteiger partial charge is 0.395 e. The Hall–Kier alpha value is -1.97. The number of sulfonamides is 1. The Bertz CT molecular complexity index is 613. The molecule has 0 radical (unpaired) electrons. The number of anilines is 1. The highest BCUT2D eigenvalue weighted by molar-refractivity contribution is 7.89. The van der Waals surface area contributed by atoms with Crippen LogP contribution in [0.25, 0.3) is 0 Å². The van der Waals surface area contributed by atoms with Crippen molar-refractivity contribution in [3.63, 3.8) is 0 Å². The maximum atomic E-state index is 11.7. The summed E-state index contributed by atoms with van der Waals surface area (Å²) >= 11 is 0. The van der Waals surface area contributed by atoms with Crippen LogP contribution < -0.4 is 15.8 Å². The summed E-state index contributed by atoms with van der Waals surface area (Å²) in [5, 5.41) is 18.6. The number of nitrogens with two attached hydrogens (primary N) is 1. The van der Waals surface area contributed by atoms with Crippen molar-refractivity contribution in [1.82, 2.24) is 5.32 Å². The Morgan fingerprint density at radius 2 is 1.68 bits per heavy atom. The van der Waals surface area contributed by atoms with Crippen molar-refractivity contribution < 1.29 is 23.1 Å². The van der Waals surface area contributed by atoms with Gasteiger partial charge in [0.2, 0.25) is 21.8 Å². The minimum atomic E-state index is -3.75. The van der Waals surface area contributed by atoms with Gasteiger partial charge in [0.05, 0.1) is 11.5 Å². The molecule has 0 spiro atoms. The fourth-order valence-electron chi connectivity index (χ4n) is 1.64. The van der Waals surface area contributed by atoms with Gasteiger partial charge in [0, 0.05) is 25.1 Å². The molecule has 0 fully saturated rings. The van der Waals surface area contributed by atoms with Crippen molar-refractivity contribution in [2.75, 3.05) is 18.5 Å². The van der Waals surface area contributed by atoms with E-state index in [1.165, 1.54) is 24.3 Å². The van der Waals surface area contributed by atoms with Gasteiger partial charge in [-0.05, 0) is 30.7 Å². The van der Waals surface area contributed by atoms with Crippen LogP contribution in [0.5, 0.6) is 0 Å². The van der Waals surface area contributed by atoms with Crippen LogP contribution in [0.1, 0.15) is 19.3 Å². The predicted molar refractivity (Wildman–Crippen MR) is 80.4 cm³/mol. The first-order valence-electron chi connectivity index (χ1n) is 6.63. The lowest BCUT2D eigenvalue weighted by Gasteiger charge is -2.06. The normalized spacial score (nSPS) is 11.0. The van der Waals surface area contributed by atoms with Gasteiger partial charge in [-0.25, -0.2) is 13.6 Å². The third-order valence-corrected chi connectivity index (χ3v) is 3.64.